The van der Waals surface area contributed by atoms with Crippen LogP contribution in [0.3, 0.4) is 0 Å². The highest BCUT2D eigenvalue weighted by Crippen LogP contribution is 2.44. The maximum absolute atomic E-state index is 14.3. The number of hydrogen-bond donors (Lipinski definition) is 1. The van der Waals surface area contributed by atoms with Crippen LogP contribution in [0.1, 0.15) is 51.7 Å². The minimum absolute atomic E-state index is 0.251. The first-order valence-electron chi connectivity index (χ1n) is 16.0. The van der Waals surface area contributed by atoms with Crippen molar-refractivity contribution in [2.75, 3.05) is 6.61 Å². The normalized spacial score (nSPS) is 15.3. The van der Waals surface area contributed by atoms with Crippen molar-refractivity contribution >= 4 is 62.8 Å². The standard InChI is InChI=1S/C36H33ClFN5O3S2/c1-41-34-27-9-10-28(37)32(34)33-29(40-43-11-3-6-30(33)43)19-47-17-22-15-23(42(2)39-22)18-48-24-14-20-13-21(38)7-8-25(20)31(16-24)46-12-4-5-26(27)35(41)36(44)45/h7-10,13-16H,3-6,11-12,17-19H2,1-2H3,(H,44,45). The van der Waals surface area contributed by atoms with Gasteiger partial charge in [0.25, 0.3) is 0 Å². The van der Waals surface area contributed by atoms with Crippen LogP contribution in [0, 0.1) is 5.82 Å². The molecule has 0 fully saturated rings. The van der Waals surface area contributed by atoms with E-state index < -0.39 is 5.97 Å². The van der Waals surface area contributed by atoms with Crippen molar-refractivity contribution in [2.45, 2.75) is 54.4 Å². The van der Waals surface area contributed by atoms with E-state index in [1.54, 1.807) is 34.2 Å². The molecule has 3 aromatic heterocycles. The van der Waals surface area contributed by atoms with E-state index in [9.17, 15) is 14.3 Å². The van der Waals surface area contributed by atoms with Gasteiger partial charge in [0, 0.05) is 76.1 Å². The van der Waals surface area contributed by atoms with E-state index in [1.807, 2.05) is 43.0 Å². The summed E-state index contributed by atoms with van der Waals surface area (Å²) in [6, 6.07) is 14.7. The predicted octanol–water partition coefficient (Wildman–Crippen LogP) is 8.42. The van der Waals surface area contributed by atoms with Crippen LogP contribution < -0.4 is 4.74 Å². The van der Waals surface area contributed by atoms with Gasteiger partial charge in [0.1, 0.15) is 17.3 Å². The number of nitrogens with zero attached hydrogens (tertiary/aromatic N) is 5. The van der Waals surface area contributed by atoms with Crippen LogP contribution in [0.2, 0.25) is 5.02 Å². The van der Waals surface area contributed by atoms with Gasteiger partial charge < -0.3 is 14.4 Å². The second kappa shape index (κ2) is 12.5. The molecule has 0 atom stereocenters. The SMILES string of the molecule is Cn1nc2cc1CSc1cc(c3ccc(F)cc3c1)OCCCc1c(C(=O)O)n(C)c3c(c(Cl)ccc13)-c1c(nn3c1CCC3)CSC2. The fourth-order valence-corrected chi connectivity index (χ4v) is 9.32. The molecule has 12 heteroatoms. The van der Waals surface area contributed by atoms with Crippen LogP contribution >= 0.6 is 35.1 Å². The van der Waals surface area contributed by atoms with Crippen molar-refractivity contribution in [2.24, 2.45) is 14.1 Å². The largest absolute Gasteiger partial charge is 0.493 e. The quantitative estimate of drug-likeness (QED) is 0.184. The molecule has 0 amide bonds. The summed E-state index contributed by atoms with van der Waals surface area (Å²) in [5.41, 5.74) is 7.87. The van der Waals surface area contributed by atoms with E-state index in [4.69, 9.17) is 26.5 Å². The van der Waals surface area contributed by atoms with Crippen molar-refractivity contribution in [1.29, 1.82) is 0 Å². The molecule has 48 heavy (non-hydrogen) atoms. The van der Waals surface area contributed by atoms with Crippen molar-refractivity contribution in [3.05, 3.63) is 93.4 Å². The second-order valence-electron chi connectivity index (χ2n) is 12.4. The maximum Gasteiger partial charge on any atom is 0.352 e. The van der Waals surface area contributed by atoms with Crippen molar-refractivity contribution in [3.8, 4) is 16.9 Å². The molecule has 8 rings (SSSR count). The minimum Gasteiger partial charge on any atom is -0.493 e. The Labute approximate surface area is 290 Å². The Balaban J connectivity index is 1.26. The first-order valence-corrected chi connectivity index (χ1v) is 18.5. The summed E-state index contributed by atoms with van der Waals surface area (Å²) in [6.45, 7) is 1.22. The molecule has 0 saturated carbocycles. The summed E-state index contributed by atoms with van der Waals surface area (Å²) in [7, 11) is 3.78. The molecule has 0 radical (unpaired) electrons. The number of carboxylic acid groups (broad SMARTS) is 1. The average molecular weight is 702 g/mol. The van der Waals surface area contributed by atoms with E-state index in [-0.39, 0.29) is 11.5 Å². The van der Waals surface area contributed by atoms with Crippen LogP contribution in [0.4, 0.5) is 4.39 Å². The fraction of sp³-hybridized carbons (Fsp3) is 0.306. The third-order valence-electron chi connectivity index (χ3n) is 9.36. The Hall–Kier alpha value is -3.93. The van der Waals surface area contributed by atoms with Gasteiger partial charge in [0.15, 0.2) is 0 Å². The topological polar surface area (TPSA) is 87.1 Å². The van der Waals surface area contributed by atoms with Crippen molar-refractivity contribution in [1.82, 2.24) is 24.1 Å². The molecule has 6 aromatic rings. The highest BCUT2D eigenvalue weighted by Gasteiger charge is 2.30. The lowest BCUT2D eigenvalue weighted by molar-refractivity contribution is 0.0685. The lowest BCUT2D eigenvalue weighted by atomic mass is 9.97. The van der Waals surface area contributed by atoms with Crippen LogP contribution in [-0.4, -0.2) is 41.8 Å². The molecule has 0 saturated heterocycles. The highest BCUT2D eigenvalue weighted by atomic mass is 35.5. The lowest BCUT2D eigenvalue weighted by Crippen LogP contribution is -2.09. The number of aryl methyl sites for hydroxylation is 4. The smallest absolute Gasteiger partial charge is 0.352 e. The number of ether oxygens (including phenoxy) is 1. The number of fused-ring (bicyclic) bond motifs is 10. The van der Waals surface area contributed by atoms with Gasteiger partial charge in [-0.2, -0.15) is 10.2 Å². The van der Waals surface area contributed by atoms with E-state index >= 15 is 0 Å². The number of carboxylic acids is 1. The molecular weight excluding hydrogens is 669 g/mol. The number of aromatic carboxylic acids is 1. The number of benzene rings is 3. The molecule has 3 aromatic carbocycles. The fourth-order valence-electron chi connectivity index (χ4n) is 7.24. The lowest BCUT2D eigenvalue weighted by Gasteiger charge is -2.13. The van der Waals surface area contributed by atoms with E-state index in [0.29, 0.717) is 47.5 Å². The Morgan fingerprint density at radius 1 is 0.979 bits per heavy atom. The number of rotatable bonds is 1. The zero-order chi connectivity index (χ0) is 33.1. The third kappa shape index (κ3) is 5.45. The Bertz CT molecular complexity index is 2260. The monoisotopic (exact) mass is 701 g/mol. The molecule has 2 aliphatic heterocycles. The molecule has 5 heterocycles. The molecule has 246 valence electrons. The summed E-state index contributed by atoms with van der Waals surface area (Å²) >= 11 is 10.5. The summed E-state index contributed by atoms with van der Waals surface area (Å²) < 4.78 is 26.5. The van der Waals surface area contributed by atoms with Crippen LogP contribution in [0.15, 0.2) is 53.4 Å². The average Bonchev–Trinajstić information content (AvgIpc) is 3.80. The number of halogens is 2. The molecule has 0 spiro atoms. The highest BCUT2D eigenvalue weighted by molar-refractivity contribution is 7.98. The third-order valence-corrected chi connectivity index (χ3v) is 11.7. The summed E-state index contributed by atoms with van der Waals surface area (Å²) in [5, 5.41) is 23.4. The van der Waals surface area contributed by atoms with Crippen LogP contribution in [0.5, 0.6) is 5.75 Å². The number of hydrogen-bond acceptors (Lipinski definition) is 6. The summed E-state index contributed by atoms with van der Waals surface area (Å²) in [5.74, 6) is 1.47. The van der Waals surface area contributed by atoms with Crippen LogP contribution in [0.25, 0.3) is 32.8 Å². The Morgan fingerprint density at radius 3 is 2.69 bits per heavy atom. The number of carbonyl (C=O) groups is 1. The number of thioether (sulfide) groups is 2. The Kier molecular flexibility index (Phi) is 8.17. The van der Waals surface area contributed by atoms with Crippen LogP contribution in [-0.2, 0) is 50.7 Å². The van der Waals surface area contributed by atoms with Crippen molar-refractivity contribution < 1.29 is 19.0 Å². The van der Waals surface area contributed by atoms with Gasteiger partial charge in [-0.15, -0.1) is 23.5 Å². The first-order chi connectivity index (χ1) is 23.3. The molecule has 8 bridgehead atoms. The van der Waals surface area contributed by atoms with Gasteiger partial charge in [0.2, 0.25) is 0 Å². The van der Waals surface area contributed by atoms with Gasteiger partial charge in [-0.1, -0.05) is 17.7 Å². The van der Waals surface area contributed by atoms with Gasteiger partial charge in [-0.3, -0.25) is 9.36 Å². The zero-order valence-corrected chi connectivity index (χ0v) is 28.9. The second-order valence-corrected chi connectivity index (χ2v) is 14.8. The van der Waals surface area contributed by atoms with E-state index in [1.165, 1.54) is 12.1 Å². The minimum atomic E-state index is -0.982. The van der Waals surface area contributed by atoms with Gasteiger partial charge >= 0.3 is 5.97 Å². The summed E-state index contributed by atoms with van der Waals surface area (Å²) in [4.78, 5) is 13.8. The van der Waals surface area contributed by atoms with E-state index in [0.717, 1.165) is 85.4 Å². The molecule has 2 aliphatic rings. The molecule has 0 aliphatic carbocycles. The molecule has 1 N–H and O–H groups in total. The maximum atomic E-state index is 14.3. The van der Waals surface area contributed by atoms with Crippen molar-refractivity contribution in [3.63, 3.8) is 0 Å². The first kappa shape index (κ1) is 31.3. The summed E-state index contributed by atoms with van der Waals surface area (Å²) in [6.07, 6.45) is 2.98. The van der Waals surface area contributed by atoms with Gasteiger partial charge in [-0.05, 0) is 79.1 Å². The predicted molar refractivity (Wildman–Crippen MR) is 190 cm³/mol. The van der Waals surface area contributed by atoms with Gasteiger partial charge in [0.05, 0.1) is 28.5 Å². The number of aromatic nitrogens is 5. The van der Waals surface area contributed by atoms with Gasteiger partial charge in [-0.25, -0.2) is 9.18 Å². The molecule has 0 unspecified atom stereocenters. The Morgan fingerprint density at radius 2 is 1.83 bits per heavy atom. The molecular formula is C36H33ClFN5O3S2. The zero-order valence-electron chi connectivity index (χ0n) is 26.6. The molecule has 8 nitrogen and oxygen atoms in total. The van der Waals surface area contributed by atoms with E-state index in [2.05, 4.69) is 10.7 Å².